The second-order valence-corrected chi connectivity index (χ2v) is 7.14. The van der Waals surface area contributed by atoms with Crippen LogP contribution in [0.3, 0.4) is 0 Å². The second-order valence-electron chi connectivity index (χ2n) is 6.70. The van der Waals surface area contributed by atoms with Gasteiger partial charge >= 0.3 is 0 Å². The monoisotopic (exact) mass is 434 g/mol. The number of hydrogen-bond donors (Lipinski definition) is 1. The first-order valence-electron chi connectivity index (χ1n) is 9.47. The number of rotatable bonds is 6. The van der Waals surface area contributed by atoms with Crippen LogP contribution in [0.1, 0.15) is 5.56 Å². The van der Waals surface area contributed by atoms with Crippen molar-refractivity contribution in [3.8, 4) is 11.5 Å². The van der Waals surface area contributed by atoms with E-state index < -0.39 is 11.8 Å². The zero-order valence-electron chi connectivity index (χ0n) is 16.9. The van der Waals surface area contributed by atoms with E-state index in [2.05, 4.69) is 5.32 Å². The highest BCUT2D eigenvalue weighted by Crippen LogP contribution is 2.39. The summed E-state index contributed by atoms with van der Waals surface area (Å²) in [5.41, 5.74) is 1.83. The van der Waals surface area contributed by atoms with Crippen molar-refractivity contribution in [2.24, 2.45) is 0 Å². The Labute approximate surface area is 184 Å². The van der Waals surface area contributed by atoms with Gasteiger partial charge in [-0.05, 0) is 35.9 Å². The number of para-hydroxylation sites is 2. The molecule has 4 rings (SSSR count). The first kappa shape index (κ1) is 20.5. The third-order valence-electron chi connectivity index (χ3n) is 4.89. The van der Waals surface area contributed by atoms with Gasteiger partial charge in [-0.25, -0.2) is 4.90 Å². The Morgan fingerprint density at radius 3 is 2.19 bits per heavy atom. The number of benzene rings is 3. The van der Waals surface area contributed by atoms with Crippen LogP contribution in [0.25, 0.3) is 5.57 Å². The van der Waals surface area contributed by atoms with Crippen LogP contribution in [0.15, 0.2) is 78.5 Å². The molecule has 0 aliphatic carbocycles. The number of halogens is 1. The molecule has 0 spiro atoms. The lowest BCUT2D eigenvalue weighted by molar-refractivity contribution is -0.120. The van der Waals surface area contributed by atoms with Gasteiger partial charge in [0.25, 0.3) is 11.8 Å². The number of hydrogen-bond acceptors (Lipinski definition) is 5. The molecule has 0 saturated heterocycles. The van der Waals surface area contributed by atoms with Crippen molar-refractivity contribution in [2.75, 3.05) is 24.4 Å². The first-order valence-corrected chi connectivity index (χ1v) is 9.85. The van der Waals surface area contributed by atoms with Crippen molar-refractivity contribution in [3.05, 3.63) is 89.1 Å². The quantitative estimate of drug-likeness (QED) is 0.567. The van der Waals surface area contributed by atoms with Crippen LogP contribution >= 0.6 is 11.6 Å². The molecule has 3 aromatic carbocycles. The van der Waals surface area contributed by atoms with E-state index in [1.54, 1.807) is 54.6 Å². The fourth-order valence-corrected chi connectivity index (χ4v) is 3.64. The van der Waals surface area contributed by atoms with Gasteiger partial charge in [0, 0.05) is 5.02 Å². The average molecular weight is 435 g/mol. The third-order valence-corrected chi connectivity index (χ3v) is 5.13. The number of carbonyl (C=O) groups is 2. The van der Waals surface area contributed by atoms with Gasteiger partial charge in [-0.3, -0.25) is 9.59 Å². The Kier molecular flexibility index (Phi) is 5.64. The molecule has 0 atom stereocenters. The van der Waals surface area contributed by atoms with Crippen molar-refractivity contribution in [1.29, 1.82) is 0 Å². The largest absolute Gasteiger partial charge is 0.495 e. The molecule has 1 aliphatic rings. The summed E-state index contributed by atoms with van der Waals surface area (Å²) in [7, 11) is 3.01. The van der Waals surface area contributed by atoms with E-state index in [4.69, 9.17) is 21.1 Å². The van der Waals surface area contributed by atoms with Gasteiger partial charge < -0.3 is 14.8 Å². The molecule has 3 aromatic rings. The van der Waals surface area contributed by atoms with Gasteiger partial charge in [0.2, 0.25) is 0 Å². The average Bonchev–Trinajstić information content (AvgIpc) is 3.03. The minimum atomic E-state index is -0.504. The maximum atomic E-state index is 13.5. The van der Waals surface area contributed by atoms with Crippen molar-refractivity contribution >= 4 is 40.4 Å². The van der Waals surface area contributed by atoms with Crippen LogP contribution in [0.4, 0.5) is 11.4 Å². The standard InChI is InChI=1S/C24H19ClN2O4/c1-30-19-13-12-16(25)14-17(19)26-22-21(15-8-4-3-5-9-15)23(28)27(24(22)29)18-10-6-7-11-20(18)31-2/h3-14,26H,1-2H3. The Bertz CT molecular complexity index is 1190. The molecule has 1 aliphatic heterocycles. The number of imide groups is 1. The molecule has 0 bridgehead atoms. The minimum absolute atomic E-state index is 0.127. The van der Waals surface area contributed by atoms with Crippen molar-refractivity contribution < 1.29 is 19.1 Å². The van der Waals surface area contributed by atoms with E-state index in [-0.39, 0.29) is 11.3 Å². The maximum Gasteiger partial charge on any atom is 0.282 e. The number of ether oxygens (including phenoxy) is 2. The van der Waals surface area contributed by atoms with E-state index in [0.717, 1.165) is 4.90 Å². The summed E-state index contributed by atoms with van der Waals surface area (Å²) in [6.45, 7) is 0. The lowest BCUT2D eigenvalue weighted by atomic mass is 10.0. The van der Waals surface area contributed by atoms with Gasteiger partial charge in [0.1, 0.15) is 17.2 Å². The summed E-state index contributed by atoms with van der Waals surface area (Å²) in [4.78, 5) is 28.1. The first-order chi connectivity index (χ1) is 15.0. The van der Waals surface area contributed by atoms with E-state index in [1.807, 2.05) is 18.2 Å². The summed E-state index contributed by atoms with van der Waals surface area (Å²) in [5, 5.41) is 3.55. The molecule has 1 N–H and O–H groups in total. The number of nitrogens with one attached hydrogen (secondary N) is 1. The molecule has 31 heavy (non-hydrogen) atoms. The summed E-state index contributed by atoms with van der Waals surface area (Å²) < 4.78 is 10.8. The topological polar surface area (TPSA) is 67.9 Å². The van der Waals surface area contributed by atoms with E-state index in [1.165, 1.54) is 14.2 Å². The molecule has 0 unspecified atom stereocenters. The molecule has 0 aromatic heterocycles. The van der Waals surface area contributed by atoms with Gasteiger partial charge in [-0.2, -0.15) is 0 Å². The molecule has 2 amide bonds. The summed E-state index contributed by atoms with van der Waals surface area (Å²) in [6.07, 6.45) is 0. The van der Waals surface area contributed by atoms with Gasteiger partial charge in [0.15, 0.2) is 0 Å². The zero-order valence-corrected chi connectivity index (χ0v) is 17.6. The normalized spacial score (nSPS) is 13.6. The van der Waals surface area contributed by atoms with Crippen LogP contribution in [0, 0.1) is 0 Å². The Hall–Kier alpha value is -3.77. The number of amides is 2. The molecule has 7 heteroatoms. The van der Waals surface area contributed by atoms with Crippen LogP contribution in [0.5, 0.6) is 11.5 Å². The highest BCUT2D eigenvalue weighted by Gasteiger charge is 2.41. The third kappa shape index (κ3) is 3.73. The van der Waals surface area contributed by atoms with E-state index in [9.17, 15) is 9.59 Å². The number of anilines is 2. The highest BCUT2D eigenvalue weighted by atomic mass is 35.5. The summed E-state index contributed by atoms with van der Waals surface area (Å²) in [6, 6.07) is 20.9. The van der Waals surface area contributed by atoms with Crippen molar-refractivity contribution in [2.45, 2.75) is 0 Å². The van der Waals surface area contributed by atoms with Crippen LogP contribution in [0.2, 0.25) is 5.02 Å². The molecular formula is C24H19ClN2O4. The summed E-state index contributed by atoms with van der Waals surface area (Å²) >= 11 is 6.15. The van der Waals surface area contributed by atoms with E-state index in [0.29, 0.717) is 33.5 Å². The highest BCUT2D eigenvalue weighted by molar-refractivity contribution is 6.46. The number of carbonyl (C=O) groups excluding carboxylic acids is 2. The molecule has 1 heterocycles. The maximum absolute atomic E-state index is 13.5. The summed E-state index contributed by atoms with van der Waals surface area (Å²) in [5.74, 6) is -0.0573. The molecular weight excluding hydrogens is 416 g/mol. The lowest BCUT2D eigenvalue weighted by Crippen LogP contribution is -2.32. The Morgan fingerprint density at radius 1 is 0.806 bits per heavy atom. The SMILES string of the molecule is COc1ccc(Cl)cc1NC1=C(c2ccccc2)C(=O)N(c2ccccc2OC)C1=O. The Balaban J connectivity index is 1.87. The predicted octanol–water partition coefficient (Wildman–Crippen LogP) is 4.75. The molecule has 0 radical (unpaired) electrons. The van der Waals surface area contributed by atoms with Gasteiger partial charge in [-0.1, -0.05) is 54.1 Å². The number of methoxy groups -OCH3 is 2. The van der Waals surface area contributed by atoms with Crippen molar-refractivity contribution in [3.63, 3.8) is 0 Å². The van der Waals surface area contributed by atoms with Gasteiger partial charge in [0.05, 0.1) is 31.2 Å². The molecule has 156 valence electrons. The Morgan fingerprint density at radius 2 is 1.48 bits per heavy atom. The molecule has 0 saturated carbocycles. The second kappa shape index (κ2) is 8.53. The molecule has 0 fully saturated rings. The molecule has 6 nitrogen and oxygen atoms in total. The van der Waals surface area contributed by atoms with Crippen molar-refractivity contribution in [1.82, 2.24) is 0 Å². The zero-order chi connectivity index (χ0) is 22.0. The van der Waals surface area contributed by atoms with Crippen LogP contribution in [-0.2, 0) is 9.59 Å². The predicted molar refractivity (Wildman–Crippen MR) is 120 cm³/mol. The smallest absolute Gasteiger partial charge is 0.282 e. The number of nitrogens with zero attached hydrogens (tertiary/aromatic N) is 1. The minimum Gasteiger partial charge on any atom is -0.495 e. The fraction of sp³-hybridized carbons (Fsp3) is 0.0833. The fourth-order valence-electron chi connectivity index (χ4n) is 3.46. The van der Waals surface area contributed by atoms with E-state index >= 15 is 0 Å². The van der Waals surface area contributed by atoms with Crippen LogP contribution in [-0.4, -0.2) is 26.0 Å². The lowest BCUT2D eigenvalue weighted by Gasteiger charge is -2.18. The van der Waals surface area contributed by atoms with Gasteiger partial charge in [-0.15, -0.1) is 0 Å². The van der Waals surface area contributed by atoms with Crippen LogP contribution < -0.4 is 19.7 Å².